The van der Waals surface area contributed by atoms with E-state index in [9.17, 15) is 0 Å². The molecule has 2 rings (SSSR count). The van der Waals surface area contributed by atoms with Crippen molar-refractivity contribution in [3.63, 3.8) is 0 Å². The molecule has 0 bridgehead atoms. The Labute approximate surface area is 116 Å². The Morgan fingerprint density at radius 3 is 3.05 bits per heavy atom. The Hall–Kier alpha value is -1.29. The van der Waals surface area contributed by atoms with Gasteiger partial charge in [-0.25, -0.2) is 4.98 Å². The quantitative estimate of drug-likeness (QED) is 0.820. The third-order valence-corrected chi connectivity index (χ3v) is 3.50. The maximum atomic E-state index is 5.81. The predicted octanol–water partition coefficient (Wildman–Crippen LogP) is 2.45. The first-order valence-corrected chi connectivity index (χ1v) is 7.41. The fraction of sp³-hybridized carbons (Fsp3) is 0.667. The second-order valence-corrected chi connectivity index (χ2v) is 5.01. The van der Waals surface area contributed by atoms with Crippen molar-refractivity contribution >= 4 is 5.82 Å². The van der Waals surface area contributed by atoms with Crippen molar-refractivity contribution in [3.8, 4) is 5.75 Å². The lowest BCUT2D eigenvalue weighted by Crippen LogP contribution is -2.38. The largest absolute Gasteiger partial charge is 0.490 e. The summed E-state index contributed by atoms with van der Waals surface area (Å²) in [7, 11) is 0. The van der Waals surface area contributed by atoms with Crippen LogP contribution in [0, 0.1) is 0 Å². The smallest absolute Gasteiger partial charge is 0.171 e. The van der Waals surface area contributed by atoms with Crippen molar-refractivity contribution in [2.45, 2.75) is 39.2 Å². The van der Waals surface area contributed by atoms with Crippen LogP contribution in [-0.2, 0) is 0 Å². The van der Waals surface area contributed by atoms with Gasteiger partial charge in [-0.05, 0) is 44.9 Å². The van der Waals surface area contributed by atoms with Gasteiger partial charge in [-0.3, -0.25) is 0 Å². The molecule has 1 saturated heterocycles. The van der Waals surface area contributed by atoms with Crippen molar-refractivity contribution in [3.05, 3.63) is 18.3 Å². The molecule has 1 fully saturated rings. The molecular formula is C15H25N3O. The predicted molar refractivity (Wildman–Crippen MR) is 78.9 cm³/mol. The van der Waals surface area contributed by atoms with Crippen molar-refractivity contribution in [1.82, 2.24) is 10.3 Å². The molecule has 1 N–H and O–H groups in total. The lowest BCUT2D eigenvalue weighted by Gasteiger charge is -2.27. The first kappa shape index (κ1) is 14.1. The highest BCUT2D eigenvalue weighted by Gasteiger charge is 2.20. The Morgan fingerprint density at radius 1 is 1.47 bits per heavy atom. The number of rotatable bonds is 7. The highest BCUT2D eigenvalue weighted by Crippen LogP contribution is 2.26. The second-order valence-electron chi connectivity index (χ2n) is 5.01. The van der Waals surface area contributed by atoms with Crippen LogP contribution in [0.1, 0.15) is 33.1 Å². The zero-order chi connectivity index (χ0) is 13.5. The van der Waals surface area contributed by atoms with E-state index in [4.69, 9.17) is 4.74 Å². The third kappa shape index (κ3) is 3.83. The summed E-state index contributed by atoms with van der Waals surface area (Å²) < 4.78 is 5.81. The van der Waals surface area contributed by atoms with Gasteiger partial charge in [0.25, 0.3) is 0 Å². The van der Waals surface area contributed by atoms with E-state index in [0.29, 0.717) is 6.04 Å². The van der Waals surface area contributed by atoms with Gasteiger partial charge in [0, 0.05) is 25.3 Å². The average molecular weight is 263 g/mol. The summed E-state index contributed by atoms with van der Waals surface area (Å²) >= 11 is 0. The molecule has 19 heavy (non-hydrogen) atoms. The fourth-order valence-electron chi connectivity index (χ4n) is 2.49. The van der Waals surface area contributed by atoms with Gasteiger partial charge in [-0.15, -0.1) is 0 Å². The number of anilines is 1. The summed E-state index contributed by atoms with van der Waals surface area (Å²) in [6, 6.07) is 4.54. The molecule has 0 amide bonds. The van der Waals surface area contributed by atoms with Crippen LogP contribution in [0.2, 0.25) is 0 Å². The van der Waals surface area contributed by atoms with Crippen molar-refractivity contribution in [2.75, 3.05) is 31.1 Å². The van der Waals surface area contributed by atoms with Crippen molar-refractivity contribution in [2.24, 2.45) is 0 Å². The van der Waals surface area contributed by atoms with E-state index in [2.05, 4.69) is 29.0 Å². The Morgan fingerprint density at radius 2 is 2.37 bits per heavy atom. The van der Waals surface area contributed by atoms with Gasteiger partial charge in [0.05, 0.1) is 6.61 Å². The van der Waals surface area contributed by atoms with Crippen LogP contribution in [0.4, 0.5) is 5.82 Å². The minimum Gasteiger partial charge on any atom is -0.490 e. The summed E-state index contributed by atoms with van der Waals surface area (Å²) in [5.41, 5.74) is 0. The minimum atomic E-state index is 0.584. The Kier molecular flexibility index (Phi) is 5.45. The lowest BCUT2D eigenvalue weighted by molar-refractivity contribution is 0.316. The summed E-state index contributed by atoms with van der Waals surface area (Å²) in [4.78, 5) is 6.83. The van der Waals surface area contributed by atoms with Crippen LogP contribution in [-0.4, -0.2) is 37.3 Å². The first-order chi connectivity index (χ1) is 9.35. The molecule has 0 aliphatic carbocycles. The summed E-state index contributed by atoms with van der Waals surface area (Å²) in [6.07, 6.45) is 5.40. The molecule has 4 heteroatoms. The van der Waals surface area contributed by atoms with Crippen LogP contribution in [0.15, 0.2) is 18.3 Å². The van der Waals surface area contributed by atoms with Crippen molar-refractivity contribution < 1.29 is 4.74 Å². The maximum absolute atomic E-state index is 5.81. The topological polar surface area (TPSA) is 37.4 Å². The van der Waals surface area contributed by atoms with E-state index in [1.807, 2.05) is 18.3 Å². The lowest BCUT2D eigenvalue weighted by atomic mass is 10.2. The molecule has 1 aliphatic rings. The van der Waals surface area contributed by atoms with Gasteiger partial charge >= 0.3 is 0 Å². The molecule has 1 aliphatic heterocycles. The zero-order valence-corrected chi connectivity index (χ0v) is 12.1. The number of nitrogens with zero attached hydrogens (tertiary/aromatic N) is 2. The molecule has 0 spiro atoms. The van der Waals surface area contributed by atoms with Crippen molar-refractivity contribution in [1.29, 1.82) is 0 Å². The number of likely N-dealkylation sites (N-methyl/N-ethyl adjacent to an activating group) is 1. The van der Waals surface area contributed by atoms with Gasteiger partial charge in [0.15, 0.2) is 11.6 Å². The Balaban J connectivity index is 2.07. The number of hydrogen-bond donors (Lipinski definition) is 1. The number of hydrogen-bond acceptors (Lipinski definition) is 4. The molecule has 1 unspecified atom stereocenters. The van der Waals surface area contributed by atoms with E-state index in [0.717, 1.165) is 44.2 Å². The standard InChI is InChI=1S/C15H25N3O/c1-3-11-19-14-8-6-10-17-15(14)18(4-2)12-13-7-5-9-16-13/h6,8,10,13,16H,3-5,7,9,11-12H2,1-2H3. The van der Waals surface area contributed by atoms with E-state index >= 15 is 0 Å². The van der Waals surface area contributed by atoms with Crippen LogP contribution in [0.25, 0.3) is 0 Å². The van der Waals surface area contributed by atoms with Gasteiger partial charge < -0.3 is 15.0 Å². The average Bonchev–Trinajstić information content (AvgIpc) is 2.96. The molecule has 0 saturated carbocycles. The number of nitrogens with one attached hydrogen (secondary N) is 1. The molecule has 1 aromatic rings. The summed E-state index contributed by atoms with van der Waals surface area (Å²) in [6.45, 7) is 8.15. The van der Waals surface area contributed by atoms with E-state index in [-0.39, 0.29) is 0 Å². The molecule has 1 aromatic heterocycles. The maximum Gasteiger partial charge on any atom is 0.171 e. The highest BCUT2D eigenvalue weighted by atomic mass is 16.5. The van der Waals surface area contributed by atoms with Crippen LogP contribution < -0.4 is 15.0 Å². The molecular weight excluding hydrogens is 238 g/mol. The van der Waals surface area contributed by atoms with Gasteiger partial charge in [-0.1, -0.05) is 6.92 Å². The second kappa shape index (κ2) is 7.34. The van der Waals surface area contributed by atoms with E-state index in [1.165, 1.54) is 12.8 Å². The normalized spacial score (nSPS) is 18.5. The summed E-state index contributed by atoms with van der Waals surface area (Å²) in [5.74, 6) is 1.89. The van der Waals surface area contributed by atoms with Gasteiger partial charge in [0.2, 0.25) is 0 Å². The third-order valence-electron chi connectivity index (χ3n) is 3.50. The van der Waals surface area contributed by atoms with Crippen LogP contribution >= 0.6 is 0 Å². The molecule has 106 valence electrons. The SMILES string of the molecule is CCCOc1cccnc1N(CC)CC1CCCN1. The molecule has 2 heterocycles. The fourth-order valence-corrected chi connectivity index (χ4v) is 2.49. The van der Waals surface area contributed by atoms with Crippen LogP contribution in [0.5, 0.6) is 5.75 Å². The van der Waals surface area contributed by atoms with Crippen LogP contribution in [0.3, 0.4) is 0 Å². The molecule has 1 atom stereocenters. The molecule has 4 nitrogen and oxygen atoms in total. The first-order valence-electron chi connectivity index (χ1n) is 7.41. The Bertz CT molecular complexity index is 377. The monoisotopic (exact) mass is 263 g/mol. The number of pyridine rings is 1. The minimum absolute atomic E-state index is 0.584. The van der Waals surface area contributed by atoms with Gasteiger partial charge in [-0.2, -0.15) is 0 Å². The van der Waals surface area contributed by atoms with E-state index in [1.54, 1.807) is 0 Å². The molecule has 0 radical (unpaired) electrons. The highest BCUT2D eigenvalue weighted by molar-refractivity contribution is 5.52. The number of ether oxygens (including phenoxy) is 1. The van der Waals surface area contributed by atoms with Gasteiger partial charge in [0.1, 0.15) is 0 Å². The number of aromatic nitrogens is 1. The summed E-state index contributed by atoms with van der Waals surface area (Å²) in [5, 5.41) is 3.54. The molecule has 0 aromatic carbocycles. The zero-order valence-electron chi connectivity index (χ0n) is 12.1. The van der Waals surface area contributed by atoms with E-state index < -0.39 is 0 Å².